The molecule has 0 N–H and O–H groups in total. The average molecular weight is 225 g/mol. The summed E-state index contributed by atoms with van der Waals surface area (Å²) in [5.74, 6) is 0. The molecule has 2 aromatic rings. The van der Waals surface area contributed by atoms with Crippen molar-refractivity contribution < 1.29 is 4.84 Å². The summed E-state index contributed by atoms with van der Waals surface area (Å²) in [5.41, 5.74) is 2.92. The highest BCUT2D eigenvalue weighted by Crippen LogP contribution is 2.27. The highest BCUT2D eigenvalue weighted by molar-refractivity contribution is 6.01. The van der Waals surface area contributed by atoms with E-state index in [1.165, 1.54) is 0 Å². The Bertz CT molecular complexity index is 525. The Hall–Kier alpha value is -2.23. The van der Waals surface area contributed by atoms with E-state index >= 15 is 0 Å². The molecule has 84 valence electrons. The SMILES string of the molecule is c1ccc(C2CC(c3ccncc3)=NO2)nc1. The quantitative estimate of drug-likeness (QED) is 0.788. The molecule has 0 saturated heterocycles. The lowest BCUT2D eigenvalue weighted by atomic mass is 10.0. The Kier molecular flexibility index (Phi) is 2.54. The van der Waals surface area contributed by atoms with Crippen molar-refractivity contribution in [1.82, 2.24) is 9.97 Å². The predicted molar refractivity (Wildman–Crippen MR) is 63.5 cm³/mol. The van der Waals surface area contributed by atoms with Crippen LogP contribution in [0.5, 0.6) is 0 Å². The molecule has 0 aliphatic carbocycles. The molecule has 0 aromatic carbocycles. The third-order valence-electron chi connectivity index (χ3n) is 2.70. The standard InChI is InChI=1S/C13H11N3O/c1-2-6-15-11(3-1)13-9-12(16-17-13)10-4-7-14-8-5-10/h1-8,13H,9H2. The Labute approximate surface area is 99.0 Å². The second kappa shape index (κ2) is 4.33. The van der Waals surface area contributed by atoms with Crippen molar-refractivity contribution >= 4 is 5.71 Å². The summed E-state index contributed by atoms with van der Waals surface area (Å²) in [6.07, 6.45) is 5.96. The fourth-order valence-electron chi connectivity index (χ4n) is 1.82. The summed E-state index contributed by atoms with van der Waals surface area (Å²) in [6.45, 7) is 0. The average Bonchev–Trinajstić information content (AvgIpc) is 2.90. The van der Waals surface area contributed by atoms with Crippen molar-refractivity contribution in [1.29, 1.82) is 0 Å². The van der Waals surface area contributed by atoms with Crippen LogP contribution in [0.1, 0.15) is 23.8 Å². The van der Waals surface area contributed by atoms with Crippen LogP contribution < -0.4 is 0 Å². The van der Waals surface area contributed by atoms with Gasteiger partial charge in [0.15, 0.2) is 6.10 Å². The molecule has 1 aliphatic rings. The van der Waals surface area contributed by atoms with Crippen molar-refractivity contribution in [3.8, 4) is 0 Å². The second-order valence-corrected chi connectivity index (χ2v) is 3.83. The van der Waals surface area contributed by atoms with Gasteiger partial charge < -0.3 is 4.84 Å². The zero-order valence-corrected chi connectivity index (χ0v) is 9.15. The molecule has 17 heavy (non-hydrogen) atoms. The van der Waals surface area contributed by atoms with Crippen molar-refractivity contribution in [2.24, 2.45) is 5.16 Å². The van der Waals surface area contributed by atoms with Gasteiger partial charge in [-0.2, -0.15) is 0 Å². The number of hydrogen-bond acceptors (Lipinski definition) is 4. The second-order valence-electron chi connectivity index (χ2n) is 3.83. The lowest BCUT2D eigenvalue weighted by molar-refractivity contribution is 0.0826. The van der Waals surface area contributed by atoms with Gasteiger partial charge in [0.05, 0.1) is 11.4 Å². The first kappa shape index (κ1) is 9.96. The van der Waals surface area contributed by atoms with Gasteiger partial charge in [0, 0.05) is 30.6 Å². The molecular formula is C13H11N3O. The molecule has 0 fully saturated rings. The molecule has 1 unspecified atom stereocenters. The molecule has 0 amide bonds. The molecular weight excluding hydrogens is 214 g/mol. The topological polar surface area (TPSA) is 47.4 Å². The van der Waals surface area contributed by atoms with Crippen LogP contribution in [-0.2, 0) is 4.84 Å². The summed E-state index contributed by atoms with van der Waals surface area (Å²) in [6, 6.07) is 9.67. The molecule has 1 atom stereocenters. The minimum Gasteiger partial charge on any atom is -0.385 e. The smallest absolute Gasteiger partial charge is 0.174 e. The molecule has 2 aromatic heterocycles. The van der Waals surface area contributed by atoms with Gasteiger partial charge in [0.2, 0.25) is 0 Å². The van der Waals surface area contributed by atoms with E-state index in [0.29, 0.717) is 0 Å². The largest absolute Gasteiger partial charge is 0.385 e. The minimum absolute atomic E-state index is 0.0700. The fourth-order valence-corrected chi connectivity index (χ4v) is 1.82. The zero-order valence-electron chi connectivity index (χ0n) is 9.15. The minimum atomic E-state index is -0.0700. The van der Waals surface area contributed by atoms with E-state index in [1.54, 1.807) is 18.6 Å². The fraction of sp³-hybridized carbons (Fsp3) is 0.154. The molecule has 0 spiro atoms. The van der Waals surface area contributed by atoms with Crippen LogP contribution >= 0.6 is 0 Å². The van der Waals surface area contributed by atoms with Crippen LogP contribution in [-0.4, -0.2) is 15.7 Å². The molecule has 1 aliphatic heterocycles. The maximum Gasteiger partial charge on any atom is 0.174 e. The van der Waals surface area contributed by atoms with Gasteiger partial charge in [-0.1, -0.05) is 11.2 Å². The van der Waals surface area contributed by atoms with Crippen molar-refractivity contribution in [2.45, 2.75) is 12.5 Å². The van der Waals surface area contributed by atoms with Gasteiger partial charge in [0.1, 0.15) is 0 Å². The van der Waals surface area contributed by atoms with Crippen LogP contribution in [0, 0.1) is 0 Å². The van der Waals surface area contributed by atoms with Crippen molar-refractivity contribution in [3.63, 3.8) is 0 Å². The van der Waals surface area contributed by atoms with E-state index in [0.717, 1.165) is 23.4 Å². The Morgan fingerprint density at radius 2 is 1.94 bits per heavy atom. The first-order valence-corrected chi connectivity index (χ1v) is 5.47. The molecule has 4 heteroatoms. The van der Waals surface area contributed by atoms with Gasteiger partial charge in [-0.05, 0) is 24.3 Å². The molecule has 0 bridgehead atoms. The van der Waals surface area contributed by atoms with E-state index < -0.39 is 0 Å². The van der Waals surface area contributed by atoms with E-state index in [4.69, 9.17) is 4.84 Å². The summed E-state index contributed by atoms with van der Waals surface area (Å²) in [7, 11) is 0. The summed E-state index contributed by atoms with van der Waals surface area (Å²) >= 11 is 0. The van der Waals surface area contributed by atoms with Crippen molar-refractivity contribution in [2.75, 3.05) is 0 Å². The number of oxime groups is 1. The Morgan fingerprint density at radius 3 is 2.71 bits per heavy atom. The van der Waals surface area contributed by atoms with Gasteiger partial charge in [-0.3, -0.25) is 9.97 Å². The van der Waals surface area contributed by atoms with Crippen molar-refractivity contribution in [3.05, 3.63) is 60.2 Å². The normalized spacial score (nSPS) is 18.6. The number of nitrogens with zero attached hydrogens (tertiary/aromatic N) is 3. The number of pyridine rings is 2. The first-order valence-electron chi connectivity index (χ1n) is 5.47. The summed E-state index contributed by atoms with van der Waals surface area (Å²) in [4.78, 5) is 13.7. The first-order chi connectivity index (χ1) is 8.43. The van der Waals surface area contributed by atoms with E-state index in [9.17, 15) is 0 Å². The zero-order chi connectivity index (χ0) is 11.5. The number of aromatic nitrogens is 2. The number of hydrogen-bond donors (Lipinski definition) is 0. The maximum absolute atomic E-state index is 5.41. The summed E-state index contributed by atoms with van der Waals surface area (Å²) in [5, 5.41) is 4.11. The van der Waals surface area contributed by atoms with Gasteiger partial charge in [-0.25, -0.2) is 0 Å². The molecule has 4 nitrogen and oxygen atoms in total. The highest BCUT2D eigenvalue weighted by atomic mass is 16.6. The lowest BCUT2D eigenvalue weighted by Gasteiger charge is -2.06. The van der Waals surface area contributed by atoms with Crippen LogP contribution in [0.15, 0.2) is 54.1 Å². The summed E-state index contributed by atoms with van der Waals surface area (Å²) < 4.78 is 0. The Morgan fingerprint density at radius 1 is 1.06 bits per heavy atom. The molecule has 3 heterocycles. The third kappa shape index (κ3) is 2.01. The highest BCUT2D eigenvalue weighted by Gasteiger charge is 2.24. The van der Waals surface area contributed by atoms with E-state index in [2.05, 4.69) is 15.1 Å². The van der Waals surface area contributed by atoms with Crippen LogP contribution in [0.3, 0.4) is 0 Å². The molecule has 0 radical (unpaired) electrons. The third-order valence-corrected chi connectivity index (χ3v) is 2.70. The number of rotatable bonds is 2. The van der Waals surface area contributed by atoms with Crippen LogP contribution in [0.2, 0.25) is 0 Å². The molecule has 0 saturated carbocycles. The monoisotopic (exact) mass is 225 g/mol. The van der Waals surface area contributed by atoms with Gasteiger partial charge in [-0.15, -0.1) is 0 Å². The van der Waals surface area contributed by atoms with Gasteiger partial charge in [0.25, 0.3) is 0 Å². The predicted octanol–water partition coefficient (Wildman–Crippen LogP) is 2.34. The Balaban J connectivity index is 1.78. The van der Waals surface area contributed by atoms with E-state index in [1.807, 2.05) is 30.3 Å². The maximum atomic E-state index is 5.41. The van der Waals surface area contributed by atoms with E-state index in [-0.39, 0.29) is 6.10 Å². The van der Waals surface area contributed by atoms with Crippen LogP contribution in [0.4, 0.5) is 0 Å². The van der Waals surface area contributed by atoms with Gasteiger partial charge >= 0.3 is 0 Å². The lowest BCUT2D eigenvalue weighted by Crippen LogP contribution is -2.02. The van der Waals surface area contributed by atoms with Crippen LogP contribution in [0.25, 0.3) is 0 Å². The molecule has 3 rings (SSSR count).